The van der Waals surface area contributed by atoms with Gasteiger partial charge in [-0.25, -0.2) is 9.97 Å². The first kappa shape index (κ1) is 40.2. The van der Waals surface area contributed by atoms with Gasteiger partial charge in [0, 0.05) is 85.5 Å². The number of hydrogen-bond acceptors (Lipinski definition) is 12. The van der Waals surface area contributed by atoms with Crippen LogP contribution in [0.4, 0.5) is 11.6 Å². The summed E-state index contributed by atoms with van der Waals surface area (Å²) in [5.74, 6) is -0.425. The lowest BCUT2D eigenvalue weighted by Crippen LogP contribution is -2.71. The summed E-state index contributed by atoms with van der Waals surface area (Å²) in [6.07, 6.45) is 4.40. The molecule has 4 amide bonds. The van der Waals surface area contributed by atoms with Crippen LogP contribution in [0.15, 0.2) is 72.9 Å². The molecule has 0 saturated carbocycles. The van der Waals surface area contributed by atoms with Crippen LogP contribution in [-0.2, 0) is 21.6 Å². The van der Waals surface area contributed by atoms with Gasteiger partial charge in [0.05, 0.1) is 28.5 Å². The summed E-state index contributed by atoms with van der Waals surface area (Å²) < 4.78 is 6.15. The summed E-state index contributed by atoms with van der Waals surface area (Å²) in [5, 5.41) is 12.2. The minimum Gasteiger partial charge on any atom is -0.487 e. The van der Waals surface area contributed by atoms with Gasteiger partial charge in [-0.3, -0.25) is 39.2 Å². The van der Waals surface area contributed by atoms with E-state index in [1.165, 1.54) is 12.8 Å². The number of likely N-dealkylation sites (tertiary alicyclic amines) is 2. The van der Waals surface area contributed by atoms with E-state index in [-0.39, 0.29) is 24.2 Å². The van der Waals surface area contributed by atoms with Crippen molar-refractivity contribution in [3.8, 4) is 11.8 Å². The Balaban J connectivity index is 0.658. The third-order valence-corrected chi connectivity index (χ3v) is 14.4. The Hall–Kier alpha value is -5.88. The van der Waals surface area contributed by atoms with E-state index in [2.05, 4.69) is 61.9 Å². The number of halogens is 1. The van der Waals surface area contributed by atoms with Gasteiger partial charge in [-0.05, 0) is 98.1 Å². The highest BCUT2D eigenvalue weighted by molar-refractivity contribution is 6.30. The average Bonchev–Trinajstić information content (AvgIpc) is 3.47. The number of nitriles is 1. The zero-order valence-corrected chi connectivity index (χ0v) is 35.6. The molecule has 62 heavy (non-hydrogen) atoms. The van der Waals surface area contributed by atoms with Crippen molar-refractivity contribution in [1.82, 2.24) is 30.0 Å². The zero-order chi connectivity index (χ0) is 42.9. The molecule has 1 aromatic heterocycles. The van der Waals surface area contributed by atoms with Crippen LogP contribution in [0.3, 0.4) is 0 Å². The third kappa shape index (κ3) is 7.25. The topological polar surface area (TPSA) is 155 Å². The zero-order valence-electron chi connectivity index (χ0n) is 34.8. The van der Waals surface area contributed by atoms with Crippen LogP contribution < -0.4 is 19.9 Å². The van der Waals surface area contributed by atoms with Crippen LogP contribution in [-0.4, -0.2) is 119 Å². The summed E-state index contributed by atoms with van der Waals surface area (Å²) >= 11 is 6.31. The van der Waals surface area contributed by atoms with E-state index < -0.39 is 23.8 Å². The van der Waals surface area contributed by atoms with Crippen molar-refractivity contribution in [2.24, 2.45) is 5.41 Å². The second-order valence-electron chi connectivity index (χ2n) is 18.4. The van der Waals surface area contributed by atoms with Crippen molar-refractivity contribution in [3.63, 3.8) is 0 Å². The van der Waals surface area contributed by atoms with Crippen molar-refractivity contribution in [2.45, 2.75) is 69.7 Å². The van der Waals surface area contributed by atoms with Gasteiger partial charge in [-0.15, -0.1) is 0 Å². The monoisotopic (exact) mass is 853 g/mol. The number of piperidine rings is 2. The summed E-state index contributed by atoms with van der Waals surface area (Å²) in [6.45, 7) is 12.6. The predicted octanol–water partition coefficient (Wildman–Crippen LogP) is 4.78. The maximum atomic E-state index is 13.3. The van der Waals surface area contributed by atoms with Gasteiger partial charge in [0.25, 0.3) is 11.8 Å². The molecule has 15 heteroatoms. The van der Waals surface area contributed by atoms with Crippen LogP contribution in [0.1, 0.15) is 82.6 Å². The quantitative estimate of drug-likeness (QED) is 0.218. The number of nitrogens with zero attached hydrogens (tertiary/aromatic N) is 8. The van der Waals surface area contributed by atoms with Gasteiger partial charge < -0.3 is 14.5 Å². The Bertz CT molecular complexity index is 2510. The number of nitrogens with one attached hydrogen (secondary N) is 1. The highest BCUT2D eigenvalue weighted by Crippen LogP contribution is 2.43. The number of aromatic nitrogens is 2. The minimum absolute atomic E-state index is 0.0994. The number of hydrogen-bond donors (Lipinski definition) is 1. The van der Waals surface area contributed by atoms with E-state index >= 15 is 0 Å². The Morgan fingerprint density at radius 2 is 1.58 bits per heavy atom. The lowest BCUT2D eigenvalue weighted by Gasteiger charge is -2.58. The molecule has 1 atom stereocenters. The molecule has 7 heterocycles. The normalized spacial score (nSPS) is 21.9. The van der Waals surface area contributed by atoms with Gasteiger partial charge in [-0.2, -0.15) is 5.26 Å². The molecule has 6 aliphatic heterocycles. The van der Waals surface area contributed by atoms with Gasteiger partial charge in [-0.1, -0.05) is 37.6 Å². The Morgan fingerprint density at radius 3 is 2.31 bits per heavy atom. The summed E-state index contributed by atoms with van der Waals surface area (Å²) in [6, 6.07) is 23.0. The van der Waals surface area contributed by atoms with Crippen molar-refractivity contribution in [2.75, 3.05) is 62.2 Å². The molecular formula is C47H48ClN9O5. The fourth-order valence-corrected chi connectivity index (χ4v) is 10.3. The van der Waals surface area contributed by atoms with E-state index in [4.69, 9.17) is 21.3 Å². The summed E-state index contributed by atoms with van der Waals surface area (Å²) in [4.78, 5) is 70.7. The number of amides is 4. The Labute approximate surface area is 365 Å². The van der Waals surface area contributed by atoms with Gasteiger partial charge >= 0.3 is 0 Å². The SMILES string of the molecule is CC(C)(c1ccc(OCc2ccnc(N3CC4(CCN(C5CN(C6CN(c7ccc8c(c7)C(=O)N(C7CCC(=O)NC7=O)C8=O)C6)C5)CC4)C3)n2)cc1)c1cc(Cl)cc(C#N)c1. The molecular weight excluding hydrogens is 806 g/mol. The van der Waals surface area contributed by atoms with Gasteiger partial charge in [0.1, 0.15) is 18.4 Å². The molecule has 10 rings (SSSR count). The van der Waals surface area contributed by atoms with E-state index in [1.54, 1.807) is 18.2 Å². The minimum atomic E-state index is -0.962. The molecule has 14 nitrogen and oxygen atoms in total. The number of carbonyl (C=O) groups is 4. The molecule has 318 valence electrons. The molecule has 4 aromatic rings. The second-order valence-corrected chi connectivity index (χ2v) is 18.8. The average molecular weight is 854 g/mol. The van der Waals surface area contributed by atoms with Crippen LogP contribution in [0, 0.1) is 16.7 Å². The first-order valence-electron chi connectivity index (χ1n) is 21.5. The van der Waals surface area contributed by atoms with Crippen molar-refractivity contribution in [3.05, 3.63) is 111 Å². The molecule has 1 spiro atoms. The number of fused-ring (bicyclic) bond motifs is 1. The molecule has 3 aromatic carbocycles. The first-order chi connectivity index (χ1) is 29.9. The largest absolute Gasteiger partial charge is 0.487 e. The highest BCUT2D eigenvalue weighted by Gasteiger charge is 2.49. The number of imide groups is 2. The second kappa shape index (κ2) is 15.5. The van der Waals surface area contributed by atoms with E-state index in [0.29, 0.717) is 45.8 Å². The number of carbonyl (C=O) groups excluding carboxylic acids is 4. The lowest BCUT2D eigenvalue weighted by molar-refractivity contribution is -0.136. The fourth-order valence-electron chi connectivity index (χ4n) is 10.1. The molecule has 5 saturated heterocycles. The lowest BCUT2D eigenvalue weighted by atomic mass is 9.71. The molecule has 0 bridgehead atoms. The molecule has 1 N–H and O–H groups in total. The first-order valence-corrected chi connectivity index (χ1v) is 21.8. The number of rotatable bonds is 10. The third-order valence-electron chi connectivity index (χ3n) is 14.2. The molecule has 6 aliphatic rings. The number of benzene rings is 3. The van der Waals surface area contributed by atoms with Gasteiger partial charge in [0.15, 0.2) is 0 Å². The summed E-state index contributed by atoms with van der Waals surface area (Å²) in [5.41, 5.74) is 4.93. The Morgan fingerprint density at radius 1 is 0.855 bits per heavy atom. The van der Waals surface area contributed by atoms with E-state index in [0.717, 1.165) is 91.5 Å². The van der Waals surface area contributed by atoms with Gasteiger partial charge in [0.2, 0.25) is 17.8 Å². The van der Waals surface area contributed by atoms with Crippen LogP contribution in [0.25, 0.3) is 0 Å². The predicted molar refractivity (Wildman–Crippen MR) is 231 cm³/mol. The molecule has 0 radical (unpaired) electrons. The van der Waals surface area contributed by atoms with Crippen LogP contribution in [0.2, 0.25) is 5.02 Å². The van der Waals surface area contributed by atoms with Crippen molar-refractivity contribution >= 4 is 46.9 Å². The maximum Gasteiger partial charge on any atom is 0.262 e. The van der Waals surface area contributed by atoms with E-state index in [1.807, 2.05) is 42.6 Å². The Kier molecular flexibility index (Phi) is 10.0. The maximum absolute atomic E-state index is 13.3. The van der Waals surface area contributed by atoms with Crippen LogP contribution in [0.5, 0.6) is 5.75 Å². The smallest absolute Gasteiger partial charge is 0.262 e. The standard InChI is InChI=1S/C47H48ClN9O5/c1-46(2,31-17-29(21-49)18-32(48)19-31)30-3-6-37(7-4-30)62-26-33-11-14-50-45(51-33)56-27-47(28-56)12-15-53(16-13-47)35-22-55(23-35)36-24-54(25-36)34-5-8-38-39(20-34)44(61)57(43(38)60)40-9-10-41(58)52-42(40)59/h3-8,11,14,17-20,35-36,40H,9-10,12-13,15-16,22-28H2,1-2H3,(H,52,58,59). The van der Waals surface area contributed by atoms with E-state index in [9.17, 15) is 24.4 Å². The molecule has 5 fully saturated rings. The van der Waals surface area contributed by atoms with Crippen LogP contribution >= 0.6 is 11.6 Å². The van der Waals surface area contributed by atoms with Crippen molar-refractivity contribution < 1.29 is 23.9 Å². The number of ether oxygens (including phenoxy) is 1. The summed E-state index contributed by atoms with van der Waals surface area (Å²) in [7, 11) is 0. The fraction of sp³-hybridized carbons (Fsp3) is 0.426. The van der Waals surface area contributed by atoms with Crippen molar-refractivity contribution in [1.29, 1.82) is 5.26 Å². The number of anilines is 2. The molecule has 0 aliphatic carbocycles. The molecule has 1 unspecified atom stereocenters. The highest BCUT2D eigenvalue weighted by atomic mass is 35.5.